The molecule has 1 saturated heterocycles. The van der Waals surface area contributed by atoms with Crippen LogP contribution in [0, 0.1) is 0 Å². The minimum atomic E-state index is -0.971. The SMILES string of the molecule is CC(O)C1O[C@H](C)CC(O)[C@@H]1O. The van der Waals surface area contributed by atoms with Crippen molar-refractivity contribution in [2.75, 3.05) is 0 Å². The molecule has 1 aliphatic heterocycles. The zero-order chi connectivity index (χ0) is 9.30. The largest absolute Gasteiger partial charge is 0.391 e. The van der Waals surface area contributed by atoms with Crippen LogP contribution in [0.2, 0.25) is 0 Å². The number of hydrogen-bond acceptors (Lipinski definition) is 4. The Bertz CT molecular complexity index is 148. The lowest BCUT2D eigenvalue weighted by Crippen LogP contribution is -2.51. The van der Waals surface area contributed by atoms with Crippen LogP contribution >= 0.6 is 0 Å². The van der Waals surface area contributed by atoms with Gasteiger partial charge in [-0.3, -0.25) is 0 Å². The summed E-state index contributed by atoms with van der Waals surface area (Å²) in [7, 11) is 0. The van der Waals surface area contributed by atoms with Gasteiger partial charge in [-0.1, -0.05) is 0 Å². The molecule has 4 nitrogen and oxygen atoms in total. The molecule has 12 heavy (non-hydrogen) atoms. The van der Waals surface area contributed by atoms with Gasteiger partial charge in [0, 0.05) is 6.42 Å². The topological polar surface area (TPSA) is 69.9 Å². The van der Waals surface area contributed by atoms with Crippen molar-refractivity contribution in [3.63, 3.8) is 0 Å². The van der Waals surface area contributed by atoms with Crippen LogP contribution < -0.4 is 0 Å². The third kappa shape index (κ3) is 1.95. The zero-order valence-corrected chi connectivity index (χ0v) is 7.34. The average Bonchev–Trinajstić information content (AvgIpc) is 1.96. The molecule has 3 N–H and O–H groups in total. The highest BCUT2D eigenvalue weighted by atomic mass is 16.5. The Balaban J connectivity index is 2.60. The third-order valence-electron chi connectivity index (χ3n) is 2.17. The molecule has 1 heterocycles. The molecule has 0 aromatic heterocycles. The Morgan fingerprint density at radius 1 is 1.42 bits per heavy atom. The van der Waals surface area contributed by atoms with Crippen molar-refractivity contribution in [3.8, 4) is 0 Å². The minimum absolute atomic E-state index is 0.108. The third-order valence-corrected chi connectivity index (χ3v) is 2.17. The normalized spacial score (nSPS) is 45.8. The van der Waals surface area contributed by atoms with E-state index in [2.05, 4.69) is 0 Å². The molecular formula is C8H16O4. The molecule has 1 fully saturated rings. The maximum atomic E-state index is 9.39. The molecule has 0 bridgehead atoms. The summed E-state index contributed by atoms with van der Waals surface area (Å²) in [5.41, 5.74) is 0. The maximum absolute atomic E-state index is 9.39. The first-order valence-corrected chi connectivity index (χ1v) is 4.22. The summed E-state index contributed by atoms with van der Waals surface area (Å²) in [6, 6.07) is 0. The van der Waals surface area contributed by atoms with Gasteiger partial charge >= 0.3 is 0 Å². The molecule has 0 amide bonds. The van der Waals surface area contributed by atoms with Gasteiger partial charge in [0.2, 0.25) is 0 Å². The number of aliphatic hydroxyl groups excluding tert-OH is 3. The van der Waals surface area contributed by atoms with E-state index in [9.17, 15) is 15.3 Å². The van der Waals surface area contributed by atoms with Crippen molar-refractivity contribution in [1.29, 1.82) is 0 Å². The number of hydrogen-bond donors (Lipinski definition) is 3. The molecule has 0 aliphatic carbocycles. The Morgan fingerprint density at radius 2 is 2.00 bits per heavy atom. The van der Waals surface area contributed by atoms with E-state index in [1.165, 1.54) is 0 Å². The van der Waals surface area contributed by atoms with E-state index >= 15 is 0 Å². The van der Waals surface area contributed by atoms with Crippen LogP contribution in [0.5, 0.6) is 0 Å². The monoisotopic (exact) mass is 176 g/mol. The van der Waals surface area contributed by atoms with Gasteiger partial charge in [0.25, 0.3) is 0 Å². The minimum Gasteiger partial charge on any atom is -0.391 e. The average molecular weight is 176 g/mol. The van der Waals surface area contributed by atoms with Crippen LogP contribution in [0.15, 0.2) is 0 Å². The number of aliphatic hydroxyl groups is 3. The van der Waals surface area contributed by atoms with E-state index in [4.69, 9.17) is 4.74 Å². The van der Waals surface area contributed by atoms with Crippen LogP contribution in [0.25, 0.3) is 0 Å². The highest BCUT2D eigenvalue weighted by Crippen LogP contribution is 2.21. The van der Waals surface area contributed by atoms with E-state index in [0.29, 0.717) is 6.42 Å². The molecule has 0 aromatic carbocycles. The second kappa shape index (κ2) is 3.70. The van der Waals surface area contributed by atoms with Crippen molar-refractivity contribution in [2.24, 2.45) is 0 Å². The summed E-state index contributed by atoms with van der Waals surface area (Å²) in [4.78, 5) is 0. The second-order valence-electron chi connectivity index (χ2n) is 3.45. The van der Waals surface area contributed by atoms with Crippen LogP contribution in [-0.2, 0) is 4.74 Å². The summed E-state index contributed by atoms with van der Waals surface area (Å²) in [6.07, 6.45) is -2.86. The highest BCUT2D eigenvalue weighted by Gasteiger charge is 2.37. The lowest BCUT2D eigenvalue weighted by Gasteiger charge is -2.37. The molecule has 0 saturated carbocycles. The van der Waals surface area contributed by atoms with Crippen molar-refractivity contribution in [3.05, 3.63) is 0 Å². The van der Waals surface area contributed by atoms with Gasteiger partial charge in [0.15, 0.2) is 0 Å². The fourth-order valence-corrected chi connectivity index (χ4v) is 1.50. The Labute approximate surface area is 71.8 Å². The van der Waals surface area contributed by atoms with Crippen molar-refractivity contribution in [1.82, 2.24) is 0 Å². The van der Waals surface area contributed by atoms with Gasteiger partial charge in [-0.15, -0.1) is 0 Å². The number of rotatable bonds is 1. The van der Waals surface area contributed by atoms with E-state index in [1.807, 2.05) is 6.92 Å². The molecule has 1 rings (SSSR count). The lowest BCUT2D eigenvalue weighted by atomic mass is 9.96. The summed E-state index contributed by atoms with van der Waals surface area (Å²) in [5, 5.41) is 27.9. The van der Waals surface area contributed by atoms with Crippen molar-refractivity contribution >= 4 is 0 Å². The Morgan fingerprint density at radius 3 is 2.50 bits per heavy atom. The van der Waals surface area contributed by atoms with Gasteiger partial charge in [0.1, 0.15) is 12.2 Å². The van der Waals surface area contributed by atoms with Crippen LogP contribution in [0.1, 0.15) is 20.3 Å². The lowest BCUT2D eigenvalue weighted by molar-refractivity contribution is -0.191. The Kier molecular flexibility index (Phi) is 3.06. The van der Waals surface area contributed by atoms with E-state index < -0.39 is 24.4 Å². The molecule has 1 aliphatic rings. The Hall–Kier alpha value is -0.160. The highest BCUT2D eigenvalue weighted by molar-refractivity contribution is 4.86. The van der Waals surface area contributed by atoms with E-state index in [1.54, 1.807) is 6.92 Å². The predicted octanol–water partition coefficient (Wildman–Crippen LogP) is -0.734. The molecule has 5 atom stereocenters. The van der Waals surface area contributed by atoms with Gasteiger partial charge in [-0.2, -0.15) is 0 Å². The summed E-state index contributed by atoms with van der Waals surface area (Å²) in [6.45, 7) is 3.35. The molecule has 0 spiro atoms. The summed E-state index contributed by atoms with van der Waals surface area (Å²) < 4.78 is 5.27. The standard InChI is InChI=1S/C8H16O4/c1-4-3-6(10)7(11)8(12-4)5(2)9/h4-11H,3H2,1-2H3/t4-,5?,6?,7+,8?/m1/s1. The van der Waals surface area contributed by atoms with Crippen LogP contribution in [-0.4, -0.2) is 45.8 Å². The molecular weight excluding hydrogens is 160 g/mol. The molecule has 3 unspecified atom stereocenters. The molecule has 4 heteroatoms. The smallest absolute Gasteiger partial charge is 0.112 e. The maximum Gasteiger partial charge on any atom is 0.112 e. The predicted molar refractivity (Wildman–Crippen MR) is 42.6 cm³/mol. The first-order chi connectivity index (χ1) is 5.52. The fraction of sp³-hybridized carbons (Fsp3) is 1.00. The van der Waals surface area contributed by atoms with Gasteiger partial charge < -0.3 is 20.1 Å². The number of ether oxygens (including phenoxy) is 1. The van der Waals surface area contributed by atoms with Crippen molar-refractivity contribution in [2.45, 2.75) is 50.8 Å². The van der Waals surface area contributed by atoms with Gasteiger partial charge in [0.05, 0.1) is 18.3 Å². The van der Waals surface area contributed by atoms with Crippen molar-refractivity contribution < 1.29 is 20.1 Å². The van der Waals surface area contributed by atoms with Crippen LogP contribution in [0.3, 0.4) is 0 Å². The molecule has 0 aromatic rings. The van der Waals surface area contributed by atoms with Crippen LogP contribution in [0.4, 0.5) is 0 Å². The summed E-state index contributed by atoms with van der Waals surface area (Å²) in [5.74, 6) is 0. The van der Waals surface area contributed by atoms with Gasteiger partial charge in [-0.25, -0.2) is 0 Å². The summed E-state index contributed by atoms with van der Waals surface area (Å²) >= 11 is 0. The molecule has 72 valence electrons. The van der Waals surface area contributed by atoms with E-state index in [0.717, 1.165) is 0 Å². The second-order valence-corrected chi connectivity index (χ2v) is 3.45. The quantitative estimate of drug-likeness (QED) is 0.492. The fourth-order valence-electron chi connectivity index (χ4n) is 1.50. The zero-order valence-electron chi connectivity index (χ0n) is 7.34. The van der Waals surface area contributed by atoms with Gasteiger partial charge in [-0.05, 0) is 13.8 Å². The van der Waals surface area contributed by atoms with E-state index in [-0.39, 0.29) is 6.10 Å². The molecule has 0 radical (unpaired) electrons. The first kappa shape index (κ1) is 9.92. The first-order valence-electron chi connectivity index (χ1n) is 4.22.